The fourth-order valence-electron chi connectivity index (χ4n) is 2.20. The third-order valence-electron chi connectivity index (χ3n) is 3.58. The predicted octanol–water partition coefficient (Wildman–Crippen LogP) is 3.29. The number of ether oxygens (including phenoxy) is 2. The maximum absolute atomic E-state index is 12.1. The highest BCUT2D eigenvalue weighted by Gasteiger charge is 2.24. The fourth-order valence-corrected chi connectivity index (χ4v) is 2.20. The Kier molecular flexibility index (Phi) is 8.42. The Balaban J connectivity index is 2.67. The smallest absolute Gasteiger partial charge is 0.408 e. The predicted molar refractivity (Wildman–Crippen MR) is 102 cm³/mol. The van der Waals surface area contributed by atoms with Gasteiger partial charge in [-0.25, -0.2) is 4.79 Å². The summed E-state index contributed by atoms with van der Waals surface area (Å²) >= 11 is 0. The van der Waals surface area contributed by atoms with Gasteiger partial charge in [-0.05, 0) is 50.8 Å². The average molecular weight is 364 g/mol. The highest BCUT2D eigenvalue weighted by atomic mass is 16.6. The number of hydrogen-bond donors (Lipinski definition) is 2. The van der Waals surface area contributed by atoms with Crippen LogP contribution in [0.5, 0.6) is 5.75 Å². The number of likely N-dealkylation sites (N-methyl/N-ethyl adjacent to an activating group) is 1. The maximum atomic E-state index is 12.1. The van der Waals surface area contributed by atoms with E-state index in [1.54, 1.807) is 20.8 Å². The molecule has 0 aliphatic carbocycles. The van der Waals surface area contributed by atoms with Crippen molar-refractivity contribution in [2.75, 3.05) is 13.7 Å². The molecule has 0 fully saturated rings. The lowest BCUT2D eigenvalue weighted by molar-refractivity contribution is -0.122. The molecule has 2 N–H and O–H groups in total. The van der Waals surface area contributed by atoms with Crippen LogP contribution in [0.15, 0.2) is 24.3 Å². The molecule has 0 bridgehead atoms. The Morgan fingerprint density at radius 2 is 1.73 bits per heavy atom. The lowest BCUT2D eigenvalue weighted by Crippen LogP contribution is -2.48. The molecule has 1 atom stereocenters. The summed E-state index contributed by atoms with van der Waals surface area (Å²) in [6.45, 7) is 10.3. The van der Waals surface area contributed by atoms with Gasteiger partial charge in [0, 0.05) is 13.5 Å². The molecule has 6 nitrogen and oxygen atoms in total. The van der Waals surface area contributed by atoms with E-state index in [-0.39, 0.29) is 5.91 Å². The van der Waals surface area contributed by atoms with Gasteiger partial charge in [0.05, 0.1) is 6.61 Å². The molecule has 0 aromatic heterocycles. The Labute approximate surface area is 156 Å². The molecule has 26 heavy (non-hydrogen) atoms. The van der Waals surface area contributed by atoms with Crippen LogP contribution < -0.4 is 15.4 Å². The van der Waals surface area contributed by atoms with Gasteiger partial charge in [0.1, 0.15) is 17.4 Å². The third kappa shape index (κ3) is 8.74. The first-order chi connectivity index (χ1) is 12.1. The molecule has 0 unspecified atom stereocenters. The Hall–Kier alpha value is -2.24. The summed E-state index contributed by atoms with van der Waals surface area (Å²) in [5.74, 6) is 1.13. The molecule has 0 radical (unpaired) electrons. The normalized spacial score (nSPS) is 12.4. The Morgan fingerprint density at radius 1 is 1.12 bits per heavy atom. The van der Waals surface area contributed by atoms with Gasteiger partial charge < -0.3 is 20.1 Å². The second kappa shape index (κ2) is 10.0. The molecular weight excluding hydrogens is 332 g/mol. The highest BCUT2D eigenvalue weighted by molar-refractivity contribution is 5.85. The second-order valence-electron chi connectivity index (χ2n) is 7.69. The van der Waals surface area contributed by atoms with Crippen LogP contribution in [-0.2, 0) is 16.0 Å². The fraction of sp³-hybridized carbons (Fsp3) is 0.600. The number of nitrogens with one attached hydrogen (secondary N) is 2. The topological polar surface area (TPSA) is 76.7 Å². The molecule has 1 rings (SSSR count). The van der Waals surface area contributed by atoms with Crippen molar-refractivity contribution in [2.24, 2.45) is 5.92 Å². The van der Waals surface area contributed by atoms with Crippen LogP contribution in [0.4, 0.5) is 4.79 Å². The van der Waals surface area contributed by atoms with Crippen molar-refractivity contribution in [3.63, 3.8) is 0 Å². The van der Waals surface area contributed by atoms with E-state index < -0.39 is 17.7 Å². The number of alkyl carbamates (subject to hydrolysis) is 1. The van der Waals surface area contributed by atoms with Gasteiger partial charge >= 0.3 is 6.09 Å². The monoisotopic (exact) mass is 364 g/mol. The largest absolute Gasteiger partial charge is 0.494 e. The van der Waals surface area contributed by atoms with Crippen LogP contribution in [-0.4, -0.2) is 37.3 Å². The van der Waals surface area contributed by atoms with Gasteiger partial charge in [-0.15, -0.1) is 0 Å². The molecule has 1 aromatic carbocycles. The van der Waals surface area contributed by atoms with Crippen molar-refractivity contribution < 1.29 is 19.1 Å². The summed E-state index contributed by atoms with van der Waals surface area (Å²) in [6, 6.07) is 6.85. The second-order valence-corrected chi connectivity index (χ2v) is 7.69. The quantitative estimate of drug-likeness (QED) is 0.742. The lowest BCUT2D eigenvalue weighted by Gasteiger charge is -2.23. The molecule has 6 heteroatoms. The first-order valence-electron chi connectivity index (χ1n) is 9.03. The van der Waals surface area contributed by atoms with Crippen LogP contribution in [0, 0.1) is 5.92 Å². The summed E-state index contributed by atoms with van der Waals surface area (Å²) in [5, 5.41) is 5.20. The van der Waals surface area contributed by atoms with Crippen LogP contribution in [0.1, 0.15) is 46.6 Å². The summed E-state index contributed by atoms with van der Waals surface area (Å²) in [5.41, 5.74) is 0.303. The molecular formula is C20H32N2O4. The molecule has 2 amide bonds. The summed E-state index contributed by atoms with van der Waals surface area (Å²) < 4.78 is 10.9. The average Bonchev–Trinajstić information content (AvgIpc) is 2.53. The molecule has 0 saturated carbocycles. The minimum Gasteiger partial charge on any atom is -0.494 e. The lowest BCUT2D eigenvalue weighted by atomic mass is 10.1. The molecule has 0 saturated heterocycles. The molecule has 146 valence electrons. The summed E-state index contributed by atoms with van der Waals surface area (Å²) in [4.78, 5) is 24.1. The maximum Gasteiger partial charge on any atom is 0.408 e. The SMILES string of the molecule is CNC(=O)[C@H](Cc1ccc(OCCC(C)C)cc1)NC(=O)OC(C)(C)C. The van der Waals surface area contributed by atoms with E-state index in [4.69, 9.17) is 9.47 Å². The highest BCUT2D eigenvalue weighted by Crippen LogP contribution is 2.15. The van der Waals surface area contributed by atoms with Crippen molar-refractivity contribution in [3.8, 4) is 5.75 Å². The minimum absolute atomic E-state index is 0.270. The van der Waals surface area contributed by atoms with Gasteiger partial charge in [0.15, 0.2) is 0 Å². The zero-order chi connectivity index (χ0) is 19.7. The van der Waals surface area contributed by atoms with E-state index in [1.807, 2.05) is 24.3 Å². The standard InChI is InChI=1S/C20H32N2O4/c1-14(2)11-12-25-16-9-7-15(8-10-16)13-17(18(23)21-6)22-19(24)26-20(3,4)5/h7-10,14,17H,11-13H2,1-6H3,(H,21,23)(H,22,24)/t17-/m0/s1. The van der Waals surface area contributed by atoms with Gasteiger partial charge in [-0.3, -0.25) is 4.79 Å². The van der Waals surface area contributed by atoms with Crippen molar-refractivity contribution in [3.05, 3.63) is 29.8 Å². The van der Waals surface area contributed by atoms with Gasteiger partial charge in [-0.2, -0.15) is 0 Å². The summed E-state index contributed by atoms with van der Waals surface area (Å²) in [6.07, 6.45) is 0.755. The third-order valence-corrected chi connectivity index (χ3v) is 3.58. The van der Waals surface area contributed by atoms with Crippen molar-refractivity contribution in [1.29, 1.82) is 0 Å². The van der Waals surface area contributed by atoms with Crippen LogP contribution in [0.3, 0.4) is 0 Å². The first kappa shape index (κ1) is 21.8. The number of carbonyl (C=O) groups excluding carboxylic acids is 2. The number of amides is 2. The molecule has 0 spiro atoms. The van der Waals surface area contributed by atoms with Crippen LogP contribution in [0.25, 0.3) is 0 Å². The summed E-state index contributed by atoms with van der Waals surface area (Å²) in [7, 11) is 1.54. The van der Waals surface area contributed by atoms with E-state index in [2.05, 4.69) is 24.5 Å². The number of benzene rings is 1. The van der Waals surface area contributed by atoms with E-state index in [0.29, 0.717) is 18.9 Å². The Morgan fingerprint density at radius 3 is 2.23 bits per heavy atom. The molecule has 0 heterocycles. The van der Waals surface area contributed by atoms with Gasteiger partial charge in [-0.1, -0.05) is 26.0 Å². The van der Waals surface area contributed by atoms with Crippen molar-refractivity contribution in [1.82, 2.24) is 10.6 Å². The molecule has 0 aliphatic heterocycles. The van der Waals surface area contributed by atoms with Crippen LogP contribution in [0.2, 0.25) is 0 Å². The zero-order valence-corrected chi connectivity index (χ0v) is 16.7. The number of hydrogen-bond acceptors (Lipinski definition) is 4. The van der Waals surface area contributed by atoms with Crippen molar-refractivity contribution in [2.45, 2.75) is 59.1 Å². The van der Waals surface area contributed by atoms with E-state index in [0.717, 1.165) is 17.7 Å². The van der Waals surface area contributed by atoms with Crippen molar-refractivity contribution >= 4 is 12.0 Å². The number of carbonyl (C=O) groups is 2. The molecule has 1 aromatic rings. The van der Waals surface area contributed by atoms with Crippen LogP contribution >= 0.6 is 0 Å². The van der Waals surface area contributed by atoms with E-state index in [1.165, 1.54) is 7.05 Å². The van der Waals surface area contributed by atoms with E-state index in [9.17, 15) is 9.59 Å². The molecule has 0 aliphatic rings. The van der Waals surface area contributed by atoms with Gasteiger partial charge in [0.25, 0.3) is 0 Å². The number of rotatable bonds is 8. The van der Waals surface area contributed by atoms with E-state index >= 15 is 0 Å². The zero-order valence-electron chi connectivity index (χ0n) is 16.7. The first-order valence-corrected chi connectivity index (χ1v) is 9.03. The Bertz CT molecular complexity index is 576. The van der Waals surface area contributed by atoms with Gasteiger partial charge in [0.2, 0.25) is 5.91 Å². The minimum atomic E-state index is -0.706.